The van der Waals surface area contributed by atoms with Crippen LogP contribution >= 0.6 is 45.3 Å². The van der Waals surface area contributed by atoms with Gasteiger partial charge in [0.1, 0.15) is 6.29 Å². The third kappa shape index (κ3) is 23.6. The number of rotatable bonds is 15. The Kier molecular flexibility index (Phi) is 30.9. The first-order valence-electron chi connectivity index (χ1n) is 30.0. The summed E-state index contributed by atoms with van der Waals surface area (Å²) in [4.78, 5) is 73.3. The van der Waals surface area contributed by atoms with Gasteiger partial charge in [-0.3, -0.25) is 9.59 Å². The summed E-state index contributed by atoms with van der Waals surface area (Å²) in [5.74, 6) is -1.80. The second-order valence-corrected chi connectivity index (χ2v) is 25.0. The van der Waals surface area contributed by atoms with Crippen LogP contribution in [-0.4, -0.2) is 74.8 Å². The maximum absolute atomic E-state index is 12.4. The molecular formula is C75H71LiN12O9S4. The molecule has 0 radical (unpaired) electrons. The zero-order valence-electron chi connectivity index (χ0n) is 54.3. The summed E-state index contributed by atoms with van der Waals surface area (Å²) >= 11 is 6.39. The number of carboxylic acids is 1. The van der Waals surface area contributed by atoms with Crippen molar-refractivity contribution >= 4 is 160 Å². The number of hydrogen-bond acceptors (Lipinski definition) is 23. The van der Waals surface area contributed by atoms with E-state index in [1.165, 1.54) is 30.3 Å². The molecule has 0 bridgehead atoms. The van der Waals surface area contributed by atoms with Gasteiger partial charge in [0.15, 0.2) is 20.5 Å². The molecule has 0 fully saturated rings. The molecule has 14 aromatic rings. The largest absolute Gasteiger partial charge is 1.00 e. The van der Waals surface area contributed by atoms with Crippen molar-refractivity contribution in [3.8, 4) is 0 Å². The molecule has 26 heteroatoms. The Labute approximate surface area is 610 Å². The fourth-order valence-electron chi connectivity index (χ4n) is 8.81. The smallest absolute Gasteiger partial charge is 0.870 e. The molecule has 0 aliphatic carbocycles. The van der Waals surface area contributed by atoms with E-state index in [1.54, 1.807) is 107 Å². The van der Waals surface area contributed by atoms with Gasteiger partial charge >= 0.3 is 36.8 Å². The van der Waals surface area contributed by atoms with E-state index in [2.05, 4.69) is 62.8 Å². The maximum atomic E-state index is 12.4. The fourth-order valence-corrected chi connectivity index (χ4v) is 12.1. The van der Waals surface area contributed by atoms with Crippen LogP contribution in [0, 0.1) is 0 Å². The third-order valence-corrected chi connectivity index (χ3v) is 17.8. The number of nitrogens with zero attached hydrogens (tertiary/aromatic N) is 4. The van der Waals surface area contributed by atoms with Crippen LogP contribution in [0.15, 0.2) is 243 Å². The number of carbonyl (C=O) groups is 5. The van der Waals surface area contributed by atoms with E-state index >= 15 is 0 Å². The summed E-state index contributed by atoms with van der Waals surface area (Å²) in [6.45, 7) is 1.94. The third-order valence-electron chi connectivity index (χ3n) is 14.0. The quantitative estimate of drug-likeness (QED) is 0.0199. The average molecular weight is 1420 g/mol. The van der Waals surface area contributed by atoms with E-state index in [0.29, 0.717) is 75.3 Å². The summed E-state index contributed by atoms with van der Waals surface area (Å²) < 4.78 is 13.8. The Morgan fingerprint density at radius 3 is 1.07 bits per heavy atom. The molecule has 0 saturated heterocycles. The second-order valence-electron chi connectivity index (χ2n) is 20.8. The van der Waals surface area contributed by atoms with Crippen LogP contribution < -0.4 is 63.1 Å². The number of fused-ring (bicyclic) bond motifs is 4. The molecule has 0 aliphatic heterocycles. The van der Waals surface area contributed by atoms with E-state index in [9.17, 15) is 24.0 Å². The first-order chi connectivity index (χ1) is 47.6. The van der Waals surface area contributed by atoms with Crippen LogP contribution in [0.2, 0.25) is 0 Å². The molecule has 4 aromatic heterocycles. The number of benzene rings is 10. The number of methoxy groups -OCH3 is 2. The topological polar surface area (TPSA) is 358 Å². The van der Waals surface area contributed by atoms with E-state index in [0.717, 1.165) is 74.5 Å². The molecule has 0 unspecified atom stereocenters. The number of nitrogen functional groups attached to an aromatic ring is 4. The Bertz CT molecular complexity index is 4810. The van der Waals surface area contributed by atoms with Crippen molar-refractivity contribution in [2.45, 2.75) is 27.1 Å². The monoisotopic (exact) mass is 1420 g/mol. The zero-order valence-corrected chi connectivity index (χ0v) is 57.5. The number of nitrogens with two attached hydrogens (primary N) is 4. The number of amides is 1. The van der Waals surface area contributed by atoms with Gasteiger partial charge < -0.3 is 64.3 Å². The Morgan fingerprint density at radius 1 is 0.416 bits per heavy atom. The van der Waals surface area contributed by atoms with Crippen molar-refractivity contribution in [2.75, 3.05) is 58.4 Å². The van der Waals surface area contributed by atoms with Crippen LogP contribution in [0.25, 0.3) is 40.9 Å². The fraction of sp³-hybridized carbons (Fsp3) is 0.0800. The van der Waals surface area contributed by atoms with Crippen molar-refractivity contribution in [2.24, 2.45) is 0 Å². The predicted octanol–water partition coefficient (Wildman–Crippen LogP) is 13.5. The predicted molar refractivity (Wildman–Crippen MR) is 408 cm³/mol. The van der Waals surface area contributed by atoms with Crippen LogP contribution in [0.3, 0.4) is 0 Å². The van der Waals surface area contributed by atoms with Gasteiger partial charge in [0.05, 0.1) is 94.5 Å². The average Bonchev–Trinajstić information content (AvgIpc) is 1.67. The maximum Gasteiger partial charge on any atom is 1.00 e. The molecule has 21 nitrogen and oxygen atoms in total. The number of anilines is 8. The van der Waals surface area contributed by atoms with Crippen molar-refractivity contribution in [1.82, 2.24) is 19.9 Å². The minimum absolute atomic E-state index is 0. The molecular weight excluding hydrogens is 1350 g/mol. The summed E-state index contributed by atoms with van der Waals surface area (Å²) in [7, 11) is 2.70. The van der Waals surface area contributed by atoms with Crippen molar-refractivity contribution in [1.29, 1.82) is 0 Å². The van der Waals surface area contributed by atoms with Gasteiger partial charge in [0, 0.05) is 30.8 Å². The number of aldehydes is 1. The van der Waals surface area contributed by atoms with E-state index in [4.69, 9.17) is 28.0 Å². The number of aromatic nitrogens is 4. The molecule has 10 aromatic carbocycles. The Morgan fingerprint density at radius 2 is 0.733 bits per heavy atom. The van der Waals surface area contributed by atoms with Crippen LogP contribution in [0.4, 0.5) is 43.3 Å². The van der Waals surface area contributed by atoms with E-state index in [1.807, 2.05) is 158 Å². The van der Waals surface area contributed by atoms with Gasteiger partial charge in [0.25, 0.3) is 5.91 Å². The van der Waals surface area contributed by atoms with Gasteiger partial charge in [-0.05, 0) is 138 Å². The van der Waals surface area contributed by atoms with Gasteiger partial charge in [-0.25, -0.2) is 34.3 Å². The minimum Gasteiger partial charge on any atom is -0.870 e. The van der Waals surface area contributed by atoms with Gasteiger partial charge in [0.2, 0.25) is 0 Å². The first-order valence-corrected chi connectivity index (χ1v) is 33.3. The van der Waals surface area contributed by atoms with Gasteiger partial charge in [-0.2, -0.15) is 0 Å². The molecule has 510 valence electrons. The SMILES string of the molecule is C.COC(=O)c1ccc(C=O)cc1.COC(=O)c1ccc(CNc2nc3ccccc3s2)cc1.Nc1ccccc1N.Nc1ccccc1NC(=O)c1ccc(CNc2nc3ccccc3s2)cc1.Nc1nc2ccccc2s1.O=C(O)c1ccc(CNc2nc3ccccc3s2)cc1.[Li+].[OH-]. The number of aromatic carboxylic acids is 1. The normalized spacial score (nSPS) is 9.96. The van der Waals surface area contributed by atoms with Crippen LogP contribution in [0.5, 0.6) is 0 Å². The number of hydrogen-bond donors (Lipinski definition) is 9. The summed E-state index contributed by atoms with van der Waals surface area (Å²) in [5, 5.41) is 24.9. The van der Waals surface area contributed by atoms with E-state index in [-0.39, 0.29) is 43.6 Å². The molecule has 14 rings (SSSR count). The van der Waals surface area contributed by atoms with Crippen LogP contribution in [-0.2, 0) is 29.1 Å². The van der Waals surface area contributed by atoms with Crippen molar-refractivity contribution < 1.29 is 62.9 Å². The zero-order chi connectivity index (χ0) is 69.2. The minimum atomic E-state index is -0.907. The number of carbonyl (C=O) groups excluding carboxylic acids is 4. The molecule has 4 heterocycles. The standard InChI is InChI=1S/C21H18N4OS.C16H14N2O2S.C15H12N2O2S.C9H8O3.C7H6N2S.C6H8N2.CH4.Li.H2O/c22-16-5-1-2-6-17(16)24-20(26)15-11-9-14(10-12-15)13-23-21-25-18-7-3-4-8-19(18)27-21;1-20-15(19)12-8-6-11(7-9-12)10-17-16-18-13-4-2-3-5-14(13)21-16;18-14(19)11-7-5-10(6-8-11)9-16-15-17-12-3-1-2-4-13(12)20-15;1-12-9(11)8-4-2-7(6-10)3-5-8;8-7-9-5-3-1-2-4-6(5)10-7;7-5-3-1-2-4-6(5)8;;;/h1-12H,13,22H2,(H,23,25)(H,24,26);2-9H,10H2,1H3,(H,17,18);1-8H,9H2,(H,16,17)(H,18,19);2-6H,1H3;1-4H,(H2,8,9);1-4H,7-8H2;1H4;;1H2/q;;;;;;;+1;/p-1. The summed E-state index contributed by atoms with van der Waals surface area (Å²) in [6, 6.07) is 74.4. The van der Waals surface area contributed by atoms with E-state index < -0.39 is 11.9 Å². The number of esters is 2. The second kappa shape index (κ2) is 39.8. The molecule has 0 saturated carbocycles. The van der Waals surface area contributed by atoms with Crippen LogP contribution in [0.1, 0.15) is 75.9 Å². The number of carboxylic acid groups (broad SMARTS) is 1. The molecule has 0 spiro atoms. The Balaban J connectivity index is 0.000000198. The van der Waals surface area contributed by atoms with Gasteiger partial charge in [-0.15, -0.1) is 0 Å². The molecule has 0 atom stereocenters. The molecule has 0 aliphatic rings. The van der Waals surface area contributed by atoms with Crippen molar-refractivity contribution in [3.05, 3.63) is 287 Å². The number of ether oxygens (including phenoxy) is 2. The van der Waals surface area contributed by atoms with Crippen molar-refractivity contribution in [3.63, 3.8) is 0 Å². The Hall–Kier alpha value is -11.5. The summed E-state index contributed by atoms with van der Waals surface area (Å²) in [6.07, 6.45) is 0.723. The molecule has 14 N–H and O–H groups in total. The molecule has 101 heavy (non-hydrogen) atoms. The summed E-state index contributed by atoms with van der Waals surface area (Å²) in [5.41, 5.74) is 34.2. The number of para-hydroxylation sites is 8. The molecule has 1 amide bonds. The number of thiazole rings is 4. The first kappa shape index (κ1) is 78.5. The number of nitrogens with one attached hydrogen (secondary N) is 4. The van der Waals surface area contributed by atoms with Gasteiger partial charge in [-0.1, -0.05) is 174 Å².